The number of carbonyl (C=O) groups is 3. The van der Waals surface area contributed by atoms with Crippen LogP contribution in [0.15, 0.2) is 48.1 Å². The zero-order valence-corrected chi connectivity index (χ0v) is 29.2. The van der Waals surface area contributed by atoms with Crippen LogP contribution in [0, 0.1) is 40.4 Å². The maximum Gasteiger partial charge on any atom is 0.338 e. The minimum Gasteiger partial charge on any atom is -0.454 e. The smallest absolute Gasteiger partial charge is 0.338 e. The maximum absolute atomic E-state index is 14.3. The lowest BCUT2D eigenvalue weighted by atomic mass is 9.46. The molecular weight excluding hydrogens is 606 g/mol. The molecule has 0 saturated heterocycles. The Labute approximate surface area is 285 Å². The van der Waals surface area contributed by atoms with E-state index in [0.717, 1.165) is 75.7 Å². The Morgan fingerprint density at radius 1 is 1.08 bits per heavy atom. The molecule has 0 spiro atoms. The van der Waals surface area contributed by atoms with E-state index in [0.29, 0.717) is 18.4 Å². The SMILES string of the molecule is CCN(CC)Cc1cccc(C(=O)OCC(=O)[C@H]2[C@H](O[C@H](O)C3CCCCC3)C[C@H]3[C@@H]4CCC5=CC(=O)C=C[C@]5(C)[C@H]4[C@@H](O)C[C@@]32C)c1. The van der Waals surface area contributed by atoms with Gasteiger partial charge in [-0.05, 0) is 98.7 Å². The summed E-state index contributed by atoms with van der Waals surface area (Å²) in [5, 5.41) is 23.2. The fourth-order valence-electron chi connectivity index (χ4n) is 10.5. The Kier molecular flexibility index (Phi) is 10.5. The second-order valence-corrected chi connectivity index (χ2v) is 15.7. The number of nitrogens with zero attached hydrogens (tertiary/aromatic N) is 1. The molecule has 0 aromatic heterocycles. The quantitative estimate of drug-likeness (QED) is 0.218. The Hall–Kier alpha value is -2.65. The molecule has 0 radical (unpaired) electrons. The molecule has 1 aromatic rings. The highest BCUT2D eigenvalue weighted by Gasteiger charge is 2.65. The average molecular weight is 662 g/mol. The van der Waals surface area contributed by atoms with E-state index in [9.17, 15) is 24.6 Å². The molecule has 0 heterocycles. The van der Waals surface area contributed by atoms with Gasteiger partial charge in [-0.1, -0.05) is 70.7 Å². The summed E-state index contributed by atoms with van der Waals surface area (Å²) in [4.78, 5) is 42.1. The lowest BCUT2D eigenvalue weighted by molar-refractivity contribution is -0.186. The van der Waals surface area contributed by atoms with E-state index in [1.54, 1.807) is 18.2 Å². The van der Waals surface area contributed by atoms with Crippen LogP contribution >= 0.6 is 0 Å². The molecule has 4 saturated carbocycles. The van der Waals surface area contributed by atoms with Crippen molar-refractivity contribution in [2.75, 3.05) is 19.7 Å². The Morgan fingerprint density at radius 2 is 1.83 bits per heavy atom. The number of allylic oxidation sites excluding steroid dienone is 4. The van der Waals surface area contributed by atoms with Crippen LogP contribution in [0.1, 0.15) is 101 Å². The summed E-state index contributed by atoms with van der Waals surface area (Å²) in [5.74, 6) is -1.25. The molecule has 0 bridgehead atoms. The highest BCUT2D eigenvalue weighted by atomic mass is 16.6. The molecule has 8 heteroatoms. The molecule has 8 nitrogen and oxygen atoms in total. The second-order valence-electron chi connectivity index (χ2n) is 15.7. The van der Waals surface area contributed by atoms with E-state index in [-0.39, 0.29) is 41.8 Å². The third-order valence-electron chi connectivity index (χ3n) is 13.0. The first kappa shape index (κ1) is 35.2. The van der Waals surface area contributed by atoms with Crippen molar-refractivity contribution >= 4 is 17.5 Å². The van der Waals surface area contributed by atoms with Gasteiger partial charge in [-0.2, -0.15) is 0 Å². The first-order valence-corrected chi connectivity index (χ1v) is 18.5. The average Bonchev–Trinajstić information content (AvgIpc) is 3.37. The zero-order valence-electron chi connectivity index (χ0n) is 29.2. The van der Waals surface area contributed by atoms with Crippen molar-refractivity contribution in [2.45, 2.75) is 111 Å². The largest absolute Gasteiger partial charge is 0.454 e. The predicted octanol–water partition coefficient (Wildman–Crippen LogP) is 6.04. The van der Waals surface area contributed by atoms with E-state index in [1.165, 1.54) is 0 Å². The molecule has 9 atom stereocenters. The number of ether oxygens (including phenoxy) is 2. The van der Waals surface area contributed by atoms with E-state index in [2.05, 4.69) is 32.6 Å². The Bertz CT molecular complexity index is 1430. The van der Waals surface area contributed by atoms with Gasteiger partial charge in [-0.25, -0.2) is 4.79 Å². The maximum atomic E-state index is 14.3. The van der Waals surface area contributed by atoms with Gasteiger partial charge in [0.2, 0.25) is 0 Å². The van der Waals surface area contributed by atoms with Crippen LogP contribution in [0.4, 0.5) is 0 Å². The molecule has 5 aliphatic rings. The number of aliphatic hydroxyl groups is 2. The lowest BCUT2D eigenvalue weighted by Gasteiger charge is -2.58. The number of esters is 1. The standard InChI is InChI=1S/C40H55NO7/c1-5-41(6-2)23-25-11-10-14-27(19-25)37(45)47-24-33(44)36-34(48-38(46)26-12-8-7-9-13-26)21-31-30-16-15-28-20-29(42)17-18-39(28,3)35(30)32(43)22-40(31,36)4/h10-11,14,17-20,26,30-32,34-36,38,43,46H,5-9,12-13,15-16,21-24H2,1-4H3/t30-,31-,32-,34+,35+,36-,38-,39-,40-/m0/s1. The van der Waals surface area contributed by atoms with Crippen molar-refractivity contribution in [2.24, 2.45) is 40.4 Å². The van der Waals surface area contributed by atoms with Crippen molar-refractivity contribution < 1.29 is 34.1 Å². The monoisotopic (exact) mass is 661 g/mol. The molecule has 0 unspecified atom stereocenters. The summed E-state index contributed by atoms with van der Waals surface area (Å²) in [5.41, 5.74) is 1.48. The van der Waals surface area contributed by atoms with Crippen molar-refractivity contribution in [1.82, 2.24) is 4.90 Å². The van der Waals surface area contributed by atoms with Crippen LogP contribution in [-0.4, -0.2) is 70.8 Å². The minimum absolute atomic E-state index is 0.00193. The van der Waals surface area contributed by atoms with Crippen LogP contribution in [0.5, 0.6) is 0 Å². The third-order valence-corrected chi connectivity index (χ3v) is 13.0. The number of benzene rings is 1. The second kappa shape index (κ2) is 14.3. The van der Waals surface area contributed by atoms with Crippen molar-refractivity contribution in [3.63, 3.8) is 0 Å². The van der Waals surface area contributed by atoms with Gasteiger partial charge in [0.1, 0.15) is 0 Å². The lowest BCUT2D eigenvalue weighted by Crippen LogP contribution is -2.56. The van der Waals surface area contributed by atoms with E-state index >= 15 is 0 Å². The van der Waals surface area contributed by atoms with Gasteiger partial charge in [0.25, 0.3) is 0 Å². The molecule has 6 rings (SSSR count). The Morgan fingerprint density at radius 3 is 2.56 bits per heavy atom. The number of fused-ring (bicyclic) bond motifs is 5. The van der Waals surface area contributed by atoms with Crippen LogP contribution in [0.2, 0.25) is 0 Å². The van der Waals surface area contributed by atoms with Gasteiger partial charge < -0.3 is 19.7 Å². The topological polar surface area (TPSA) is 113 Å². The summed E-state index contributed by atoms with van der Waals surface area (Å²) in [6.07, 6.45) is 10.9. The van der Waals surface area contributed by atoms with Crippen molar-refractivity contribution in [3.8, 4) is 0 Å². The molecule has 5 aliphatic carbocycles. The summed E-state index contributed by atoms with van der Waals surface area (Å²) < 4.78 is 12.2. The zero-order chi connectivity index (χ0) is 34.2. The van der Waals surface area contributed by atoms with E-state index in [4.69, 9.17) is 9.47 Å². The van der Waals surface area contributed by atoms with Gasteiger partial charge >= 0.3 is 5.97 Å². The molecule has 48 heavy (non-hydrogen) atoms. The van der Waals surface area contributed by atoms with Gasteiger partial charge in [-0.3, -0.25) is 14.5 Å². The summed E-state index contributed by atoms with van der Waals surface area (Å²) in [7, 11) is 0. The summed E-state index contributed by atoms with van der Waals surface area (Å²) in [6.45, 7) is 10.6. The van der Waals surface area contributed by atoms with Gasteiger partial charge in [-0.15, -0.1) is 0 Å². The van der Waals surface area contributed by atoms with Gasteiger partial charge in [0.05, 0.1) is 23.7 Å². The number of rotatable bonds is 11. The van der Waals surface area contributed by atoms with Crippen LogP contribution in [-0.2, 0) is 25.6 Å². The molecule has 0 amide bonds. The summed E-state index contributed by atoms with van der Waals surface area (Å²) >= 11 is 0. The van der Waals surface area contributed by atoms with Gasteiger partial charge in [0, 0.05) is 23.8 Å². The predicted molar refractivity (Wildman–Crippen MR) is 183 cm³/mol. The minimum atomic E-state index is -0.961. The summed E-state index contributed by atoms with van der Waals surface area (Å²) in [6, 6.07) is 7.39. The number of aliphatic hydroxyl groups excluding tert-OH is 2. The number of Topliss-reactive ketones (excluding diaryl/α,β-unsaturated/α-hetero) is 1. The molecule has 1 aromatic carbocycles. The van der Waals surface area contributed by atoms with Crippen molar-refractivity contribution in [3.05, 3.63) is 59.2 Å². The Balaban J connectivity index is 1.23. The first-order chi connectivity index (χ1) is 23.0. The molecular formula is C40H55NO7. The van der Waals surface area contributed by atoms with E-state index in [1.807, 2.05) is 24.3 Å². The highest BCUT2D eigenvalue weighted by Crippen LogP contribution is 2.66. The van der Waals surface area contributed by atoms with Crippen LogP contribution < -0.4 is 0 Å². The molecule has 4 fully saturated rings. The number of hydrogen-bond donors (Lipinski definition) is 2. The van der Waals surface area contributed by atoms with Crippen LogP contribution in [0.3, 0.4) is 0 Å². The first-order valence-electron chi connectivity index (χ1n) is 18.5. The normalized spacial score (nSPS) is 35.4. The third kappa shape index (κ3) is 6.62. The van der Waals surface area contributed by atoms with Crippen molar-refractivity contribution in [1.29, 1.82) is 0 Å². The van der Waals surface area contributed by atoms with E-state index < -0.39 is 41.2 Å². The number of carbonyl (C=O) groups excluding carboxylic acids is 3. The highest BCUT2D eigenvalue weighted by molar-refractivity contribution is 6.01. The molecule has 2 N–H and O–H groups in total. The molecule has 0 aliphatic heterocycles. The number of ketones is 2. The fourth-order valence-corrected chi connectivity index (χ4v) is 10.5. The number of hydrogen-bond acceptors (Lipinski definition) is 8. The molecule has 262 valence electrons. The van der Waals surface area contributed by atoms with Gasteiger partial charge in [0.15, 0.2) is 24.5 Å². The fraction of sp³-hybridized carbons (Fsp3) is 0.675. The van der Waals surface area contributed by atoms with Crippen LogP contribution in [0.25, 0.3) is 0 Å².